The maximum Gasteiger partial charge on any atom is 0.468 e. The molecule has 0 aromatic heterocycles. The van der Waals surface area contributed by atoms with Crippen LogP contribution in [0.15, 0.2) is 0 Å². The largest absolute Gasteiger partial charge is 0.468 e. The molecule has 39 heavy (non-hydrogen) atoms. The molecule has 1 N–H and O–H groups in total. The highest BCUT2D eigenvalue weighted by molar-refractivity contribution is 7.87. The van der Waals surface area contributed by atoms with E-state index in [-0.39, 0.29) is 12.8 Å². The molecule has 0 radical (unpaired) electrons. The van der Waals surface area contributed by atoms with E-state index in [1.54, 1.807) is 41.5 Å². The lowest BCUT2D eigenvalue weighted by Crippen LogP contribution is -2.61. The van der Waals surface area contributed by atoms with Gasteiger partial charge in [-0.3, -0.25) is 9.35 Å². The summed E-state index contributed by atoms with van der Waals surface area (Å²) in [7, 11) is -6.70. The minimum atomic E-state index is -6.70. The fraction of sp³-hybridized carbons (Fsp3) is 0.913. The zero-order valence-electron chi connectivity index (χ0n) is 23.1. The molecule has 0 amide bonds. The normalized spacial score (nSPS) is 17.2. The van der Waals surface area contributed by atoms with Crippen LogP contribution in [0.2, 0.25) is 0 Å². The molecule has 2 atom stereocenters. The highest BCUT2D eigenvalue weighted by atomic mass is 32.2. The van der Waals surface area contributed by atoms with Crippen LogP contribution in [0.5, 0.6) is 0 Å². The van der Waals surface area contributed by atoms with Crippen molar-refractivity contribution >= 4 is 22.1 Å². The van der Waals surface area contributed by atoms with Crippen molar-refractivity contribution in [1.82, 2.24) is 0 Å². The molecule has 0 spiro atoms. The molecule has 0 aliphatic heterocycles. The standard InChI is InChI=1S/C23H37F7O8S/c1-9-17(4,5)14-19(8,18(6,7)10-2)15(31)38-21(22(26,27)28,16(32)36-11-3)37-13-12-20(24,25)23(29,30)39(33,34)35/h9-14H2,1-8H3,(H,33,34,35). The molecular weight excluding hydrogens is 569 g/mol. The number of alkyl halides is 7. The van der Waals surface area contributed by atoms with Crippen LogP contribution in [0, 0.1) is 16.2 Å². The third kappa shape index (κ3) is 7.75. The van der Waals surface area contributed by atoms with Crippen molar-refractivity contribution in [1.29, 1.82) is 0 Å². The summed E-state index contributed by atoms with van der Waals surface area (Å²) in [5.74, 6) is -14.3. The second-order valence-electron chi connectivity index (χ2n) is 10.8. The van der Waals surface area contributed by atoms with Crippen LogP contribution in [-0.4, -0.2) is 61.3 Å². The summed E-state index contributed by atoms with van der Waals surface area (Å²) in [6.07, 6.45) is -7.73. The van der Waals surface area contributed by atoms with Crippen molar-refractivity contribution in [2.24, 2.45) is 16.2 Å². The predicted molar refractivity (Wildman–Crippen MR) is 124 cm³/mol. The van der Waals surface area contributed by atoms with Gasteiger partial charge in [-0.15, -0.1) is 0 Å². The average molecular weight is 607 g/mol. The molecule has 0 bridgehead atoms. The number of hydrogen-bond acceptors (Lipinski definition) is 7. The SMILES string of the molecule is CCOC(=O)C(OCCC(F)(F)C(F)(F)S(=O)(=O)O)(OC(=O)C(C)(CC(C)(C)CC)C(C)(C)CC)C(F)(F)F. The first-order valence-electron chi connectivity index (χ1n) is 12.0. The number of rotatable bonds is 15. The van der Waals surface area contributed by atoms with Crippen molar-refractivity contribution in [3.63, 3.8) is 0 Å². The fourth-order valence-corrected chi connectivity index (χ4v) is 4.05. The molecule has 232 valence electrons. The van der Waals surface area contributed by atoms with Crippen LogP contribution >= 0.6 is 0 Å². The van der Waals surface area contributed by atoms with Gasteiger partial charge in [0.15, 0.2) is 0 Å². The maximum atomic E-state index is 14.3. The topological polar surface area (TPSA) is 116 Å². The van der Waals surface area contributed by atoms with Gasteiger partial charge in [0, 0.05) is 6.42 Å². The molecule has 0 rings (SSSR count). The van der Waals surface area contributed by atoms with Gasteiger partial charge in [-0.05, 0) is 37.5 Å². The van der Waals surface area contributed by atoms with E-state index in [2.05, 4.69) is 14.2 Å². The van der Waals surface area contributed by atoms with Gasteiger partial charge in [-0.1, -0.05) is 48.0 Å². The average Bonchev–Trinajstić information content (AvgIpc) is 2.75. The Morgan fingerprint density at radius 3 is 1.67 bits per heavy atom. The minimum Gasteiger partial charge on any atom is -0.461 e. The molecule has 0 saturated heterocycles. The first-order chi connectivity index (χ1) is 17.1. The van der Waals surface area contributed by atoms with E-state index in [4.69, 9.17) is 4.55 Å². The highest BCUT2D eigenvalue weighted by Gasteiger charge is 2.70. The monoisotopic (exact) mass is 606 g/mol. The molecule has 0 saturated carbocycles. The van der Waals surface area contributed by atoms with Crippen molar-refractivity contribution in [3.8, 4) is 0 Å². The summed E-state index contributed by atoms with van der Waals surface area (Å²) in [6.45, 7) is 9.64. The Morgan fingerprint density at radius 2 is 1.31 bits per heavy atom. The van der Waals surface area contributed by atoms with Crippen LogP contribution in [0.3, 0.4) is 0 Å². The third-order valence-electron chi connectivity index (χ3n) is 7.24. The Labute approximate surface area is 223 Å². The van der Waals surface area contributed by atoms with Crippen LogP contribution < -0.4 is 0 Å². The number of carbonyl (C=O) groups is 2. The number of esters is 2. The molecule has 16 heteroatoms. The zero-order chi connectivity index (χ0) is 31.5. The summed E-state index contributed by atoms with van der Waals surface area (Å²) in [5, 5.41) is -6.11. The lowest BCUT2D eigenvalue weighted by molar-refractivity contribution is -0.361. The van der Waals surface area contributed by atoms with Gasteiger partial charge in [-0.2, -0.15) is 39.2 Å². The lowest BCUT2D eigenvalue weighted by Gasteiger charge is -2.47. The van der Waals surface area contributed by atoms with Crippen molar-refractivity contribution < 1.29 is 67.5 Å². The second-order valence-corrected chi connectivity index (χ2v) is 12.2. The Bertz CT molecular complexity index is 979. The fourth-order valence-electron chi connectivity index (χ4n) is 3.57. The van der Waals surface area contributed by atoms with Gasteiger partial charge < -0.3 is 14.2 Å². The Hall–Kier alpha value is -1.68. The first-order valence-corrected chi connectivity index (χ1v) is 13.4. The molecule has 0 aliphatic carbocycles. The Kier molecular flexibility index (Phi) is 11.5. The number of carbonyl (C=O) groups excluding carboxylic acids is 2. The molecule has 0 aliphatic rings. The second kappa shape index (κ2) is 12.0. The van der Waals surface area contributed by atoms with Crippen LogP contribution in [-0.2, 0) is 33.9 Å². The van der Waals surface area contributed by atoms with E-state index in [1.807, 2.05) is 0 Å². The number of halogens is 7. The van der Waals surface area contributed by atoms with Crippen LogP contribution in [0.4, 0.5) is 30.7 Å². The maximum absolute atomic E-state index is 14.3. The van der Waals surface area contributed by atoms with Crippen LogP contribution in [0.1, 0.15) is 81.1 Å². The zero-order valence-corrected chi connectivity index (χ0v) is 23.9. The van der Waals surface area contributed by atoms with Gasteiger partial charge in [0.2, 0.25) is 0 Å². The Balaban J connectivity index is 6.76. The molecule has 8 nitrogen and oxygen atoms in total. The van der Waals surface area contributed by atoms with Gasteiger partial charge >= 0.3 is 45.2 Å². The van der Waals surface area contributed by atoms with E-state index >= 15 is 0 Å². The van der Waals surface area contributed by atoms with Crippen molar-refractivity contribution in [2.75, 3.05) is 13.2 Å². The van der Waals surface area contributed by atoms with Gasteiger partial charge in [0.1, 0.15) is 0 Å². The molecule has 0 aromatic carbocycles. The minimum absolute atomic E-state index is 0.0500. The van der Waals surface area contributed by atoms with Gasteiger partial charge in [-0.25, -0.2) is 4.79 Å². The summed E-state index contributed by atoms with van der Waals surface area (Å²) >= 11 is 0. The van der Waals surface area contributed by atoms with Crippen molar-refractivity contribution in [3.05, 3.63) is 0 Å². The third-order valence-corrected chi connectivity index (χ3v) is 8.19. The number of ether oxygens (including phenoxy) is 3. The molecule has 0 heterocycles. The summed E-state index contributed by atoms with van der Waals surface area (Å²) in [4.78, 5) is 26.0. The van der Waals surface area contributed by atoms with E-state index in [0.29, 0.717) is 6.42 Å². The van der Waals surface area contributed by atoms with E-state index in [0.717, 1.165) is 6.92 Å². The molecule has 0 fully saturated rings. The summed E-state index contributed by atoms with van der Waals surface area (Å²) < 4.78 is 141. The van der Waals surface area contributed by atoms with E-state index in [9.17, 15) is 48.7 Å². The Morgan fingerprint density at radius 1 is 0.821 bits per heavy atom. The quantitative estimate of drug-likeness (QED) is 0.102. The first kappa shape index (κ1) is 37.3. The molecule has 2 unspecified atom stereocenters. The van der Waals surface area contributed by atoms with Crippen molar-refractivity contribution in [2.45, 2.75) is 104 Å². The van der Waals surface area contributed by atoms with E-state index in [1.165, 1.54) is 6.92 Å². The summed E-state index contributed by atoms with van der Waals surface area (Å²) in [6, 6.07) is 0. The number of hydrogen-bond donors (Lipinski definition) is 1. The van der Waals surface area contributed by atoms with Crippen LogP contribution in [0.25, 0.3) is 0 Å². The molecular formula is C23H37F7O8S. The smallest absolute Gasteiger partial charge is 0.461 e. The summed E-state index contributed by atoms with van der Waals surface area (Å²) in [5.41, 5.74) is -3.40. The van der Waals surface area contributed by atoms with E-state index < -0.39 is 81.1 Å². The highest BCUT2D eigenvalue weighted by Crippen LogP contribution is 2.52. The molecule has 0 aromatic rings. The van der Waals surface area contributed by atoms with Gasteiger partial charge in [0.05, 0.1) is 18.6 Å². The predicted octanol–water partition coefficient (Wildman–Crippen LogP) is 6.14. The van der Waals surface area contributed by atoms with Gasteiger partial charge in [0.25, 0.3) is 0 Å². The lowest BCUT2D eigenvalue weighted by atomic mass is 9.58.